The van der Waals surface area contributed by atoms with Crippen LogP contribution in [-0.4, -0.2) is 9.78 Å². The normalized spacial score (nSPS) is 10.2. The number of nitrogens with zero attached hydrogens (tertiary/aromatic N) is 3. The van der Waals surface area contributed by atoms with Crippen LogP contribution in [0.3, 0.4) is 0 Å². The summed E-state index contributed by atoms with van der Waals surface area (Å²) in [5.74, 6) is 0. The number of benzene rings is 1. The van der Waals surface area contributed by atoms with Crippen LogP contribution in [0.4, 0.5) is 5.69 Å². The van der Waals surface area contributed by atoms with Gasteiger partial charge >= 0.3 is 0 Å². The summed E-state index contributed by atoms with van der Waals surface area (Å²) in [5, 5.41) is 13.9. The van der Waals surface area contributed by atoms with Crippen LogP contribution in [0.1, 0.15) is 5.56 Å². The summed E-state index contributed by atoms with van der Waals surface area (Å²) in [4.78, 5) is 0. The maximum absolute atomic E-state index is 8.81. The molecule has 0 bridgehead atoms. The van der Waals surface area contributed by atoms with Crippen LogP contribution in [0.2, 0.25) is 0 Å². The van der Waals surface area contributed by atoms with Crippen LogP contribution in [0.5, 0.6) is 0 Å². The molecule has 1 aromatic heterocycles. The van der Waals surface area contributed by atoms with E-state index < -0.39 is 0 Å². The van der Waals surface area contributed by atoms with Crippen LogP contribution in [-0.2, 0) is 7.05 Å². The Balaban J connectivity index is 2.90. The molecule has 1 aromatic carbocycles. The van der Waals surface area contributed by atoms with E-state index in [-0.39, 0.29) is 0 Å². The second kappa shape index (κ2) is 2.49. The summed E-state index contributed by atoms with van der Waals surface area (Å²) in [6.45, 7) is 0. The molecule has 4 nitrogen and oxygen atoms in total. The number of nitrogen functional groups attached to an aromatic ring is 1. The van der Waals surface area contributed by atoms with E-state index in [0.717, 1.165) is 5.39 Å². The summed E-state index contributed by atoms with van der Waals surface area (Å²) in [6, 6.07) is 5.51. The number of aryl methyl sites for hydroxylation is 1. The number of aromatic nitrogens is 2. The fraction of sp³-hybridized carbons (Fsp3) is 0.111. The molecule has 64 valence electrons. The topological polar surface area (TPSA) is 67.6 Å². The van der Waals surface area contributed by atoms with Crippen molar-refractivity contribution in [1.82, 2.24) is 9.78 Å². The molecule has 0 aliphatic rings. The van der Waals surface area contributed by atoms with Crippen molar-refractivity contribution in [2.45, 2.75) is 0 Å². The molecule has 1 heterocycles. The van der Waals surface area contributed by atoms with E-state index in [1.54, 1.807) is 10.7 Å². The van der Waals surface area contributed by atoms with Gasteiger partial charge in [0.1, 0.15) is 11.6 Å². The number of hydrogen-bond donors (Lipinski definition) is 1. The zero-order valence-corrected chi connectivity index (χ0v) is 7.15. The van der Waals surface area contributed by atoms with Gasteiger partial charge in [-0.05, 0) is 12.1 Å². The average molecular weight is 172 g/mol. The van der Waals surface area contributed by atoms with Crippen molar-refractivity contribution in [2.24, 2.45) is 7.05 Å². The average Bonchev–Trinajstić information content (AvgIpc) is 2.43. The predicted molar refractivity (Wildman–Crippen MR) is 49.8 cm³/mol. The lowest BCUT2D eigenvalue weighted by atomic mass is 10.1. The Labute approximate surface area is 75.2 Å². The Morgan fingerprint density at radius 2 is 2.31 bits per heavy atom. The lowest BCUT2D eigenvalue weighted by Gasteiger charge is -1.93. The first-order valence-corrected chi connectivity index (χ1v) is 3.83. The SMILES string of the molecule is Cn1cc2cc(N)cc(C#N)c2n1. The molecule has 2 N–H and O–H groups in total. The molecule has 0 fully saturated rings. The van der Waals surface area contributed by atoms with Gasteiger partial charge in [-0.15, -0.1) is 0 Å². The minimum Gasteiger partial charge on any atom is -0.399 e. The van der Waals surface area contributed by atoms with Gasteiger partial charge in [0.2, 0.25) is 0 Å². The van der Waals surface area contributed by atoms with Crippen LogP contribution in [0.15, 0.2) is 18.3 Å². The smallest absolute Gasteiger partial charge is 0.110 e. The third-order valence-corrected chi connectivity index (χ3v) is 1.87. The van der Waals surface area contributed by atoms with Crippen LogP contribution < -0.4 is 5.73 Å². The minimum absolute atomic E-state index is 0.524. The maximum atomic E-state index is 8.81. The number of rotatable bonds is 0. The fourth-order valence-corrected chi connectivity index (χ4v) is 1.36. The van der Waals surface area contributed by atoms with Crippen molar-refractivity contribution in [3.63, 3.8) is 0 Å². The maximum Gasteiger partial charge on any atom is 0.110 e. The molecule has 0 spiro atoms. The Morgan fingerprint density at radius 1 is 1.54 bits per heavy atom. The van der Waals surface area contributed by atoms with Gasteiger partial charge in [-0.2, -0.15) is 10.4 Å². The first kappa shape index (κ1) is 7.62. The zero-order chi connectivity index (χ0) is 9.42. The number of nitriles is 1. The van der Waals surface area contributed by atoms with Gasteiger partial charge in [0, 0.05) is 24.3 Å². The van der Waals surface area contributed by atoms with E-state index in [0.29, 0.717) is 16.8 Å². The van der Waals surface area contributed by atoms with Crippen molar-refractivity contribution in [3.8, 4) is 6.07 Å². The molecule has 0 aliphatic carbocycles. The monoisotopic (exact) mass is 172 g/mol. The predicted octanol–water partition coefficient (Wildman–Crippen LogP) is 1.03. The second-order valence-corrected chi connectivity index (χ2v) is 2.92. The summed E-state index contributed by atoms with van der Waals surface area (Å²) in [6.07, 6.45) is 1.84. The van der Waals surface area contributed by atoms with Crippen molar-refractivity contribution >= 4 is 16.6 Å². The summed E-state index contributed by atoms with van der Waals surface area (Å²) < 4.78 is 1.67. The second-order valence-electron chi connectivity index (χ2n) is 2.92. The Hall–Kier alpha value is -2.02. The molecule has 13 heavy (non-hydrogen) atoms. The molecule has 0 unspecified atom stereocenters. The molecule has 2 aromatic rings. The highest BCUT2D eigenvalue weighted by molar-refractivity contribution is 5.87. The lowest BCUT2D eigenvalue weighted by molar-refractivity contribution is 0.779. The van der Waals surface area contributed by atoms with Crippen LogP contribution in [0.25, 0.3) is 10.9 Å². The highest BCUT2D eigenvalue weighted by Crippen LogP contribution is 2.19. The molecule has 0 amide bonds. The summed E-state index contributed by atoms with van der Waals surface area (Å²) in [7, 11) is 1.82. The van der Waals surface area contributed by atoms with E-state index in [4.69, 9.17) is 11.0 Å². The zero-order valence-electron chi connectivity index (χ0n) is 7.15. The van der Waals surface area contributed by atoms with Gasteiger partial charge in [-0.1, -0.05) is 0 Å². The first-order chi connectivity index (χ1) is 6.20. The Bertz CT molecular complexity index is 504. The van der Waals surface area contributed by atoms with Crippen LogP contribution in [0, 0.1) is 11.3 Å². The van der Waals surface area contributed by atoms with Crippen molar-refractivity contribution in [1.29, 1.82) is 5.26 Å². The van der Waals surface area contributed by atoms with Gasteiger partial charge in [0.25, 0.3) is 0 Å². The minimum atomic E-state index is 0.524. The molecule has 0 aliphatic heterocycles. The molecule has 2 rings (SSSR count). The third kappa shape index (κ3) is 1.11. The molecule has 0 radical (unpaired) electrons. The highest BCUT2D eigenvalue weighted by atomic mass is 15.2. The van der Waals surface area contributed by atoms with Gasteiger partial charge in [-0.3, -0.25) is 4.68 Å². The first-order valence-electron chi connectivity index (χ1n) is 3.83. The van der Waals surface area contributed by atoms with Crippen LogP contribution >= 0.6 is 0 Å². The van der Waals surface area contributed by atoms with E-state index in [1.807, 2.05) is 19.3 Å². The van der Waals surface area contributed by atoms with Crippen molar-refractivity contribution in [3.05, 3.63) is 23.9 Å². The molecule has 0 atom stereocenters. The fourth-order valence-electron chi connectivity index (χ4n) is 1.36. The summed E-state index contributed by atoms with van der Waals surface area (Å²) >= 11 is 0. The molecule has 0 saturated carbocycles. The lowest BCUT2D eigenvalue weighted by Crippen LogP contribution is -1.88. The van der Waals surface area contributed by atoms with E-state index in [2.05, 4.69) is 11.2 Å². The van der Waals surface area contributed by atoms with Gasteiger partial charge < -0.3 is 5.73 Å². The van der Waals surface area contributed by atoms with Crippen molar-refractivity contribution < 1.29 is 0 Å². The highest BCUT2D eigenvalue weighted by Gasteiger charge is 2.05. The molecule has 0 saturated heterocycles. The number of fused-ring (bicyclic) bond motifs is 1. The quantitative estimate of drug-likeness (QED) is 0.603. The van der Waals surface area contributed by atoms with E-state index >= 15 is 0 Å². The van der Waals surface area contributed by atoms with Gasteiger partial charge in [0.15, 0.2) is 0 Å². The largest absolute Gasteiger partial charge is 0.399 e. The molecule has 4 heteroatoms. The summed E-state index contributed by atoms with van der Waals surface area (Å²) in [5.41, 5.74) is 7.45. The van der Waals surface area contributed by atoms with Crippen molar-refractivity contribution in [2.75, 3.05) is 5.73 Å². The number of hydrogen-bond acceptors (Lipinski definition) is 3. The number of nitrogens with two attached hydrogens (primary N) is 1. The third-order valence-electron chi connectivity index (χ3n) is 1.87. The van der Waals surface area contributed by atoms with E-state index in [9.17, 15) is 0 Å². The molecular formula is C9H8N4. The Morgan fingerprint density at radius 3 is 3.00 bits per heavy atom. The van der Waals surface area contributed by atoms with Gasteiger partial charge in [-0.25, -0.2) is 0 Å². The Kier molecular flexibility index (Phi) is 1.46. The standard InChI is InChI=1S/C9H8N4/c1-13-5-7-3-8(11)2-6(4-10)9(7)12-13/h2-3,5H,11H2,1H3. The number of anilines is 1. The van der Waals surface area contributed by atoms with Gasteiger partial charge in [0.05, 0.1) is 5.56 Å². The molecular weight excluding hydrogens is 164 g/mol. The van der Waals surface area contributed by atoms with E-state index in [1.165, 1.54) is 0 Å².